The van der Waals surface area contributed by atoms with Crippen molar-refractivity contribution >= 4 is 17.6 Å². The summed E-state index contributed by atoms with van der Waals surface area (Å²) in [5.74, 6) is -1.07. The first-order valence-corrected chi connectivity index (χ1v) is 7.61. The molecule has 5 nitrogen and oxygen atoms in total. The third-order valence-corrected chi connectivity index (χ3v) is 3.21. The van der Waals surface area contributed by atoms with Crippen LogP contribution in [0, 0.1) is 0 Å². The SMILES string of the molecule is C[C@@H](Oc1ccccc1)C(=O)OCC(=O)Nc1cccc(C(F)(F)F)c1. The number of alkyl halides is 3. The van der Waals surface area contributed by atoms with E-state index in [1.165, 1.54) is 19.1 Å². The highest BCUT2D eigenvalue weighted by molar-refractivity contribution is 5.93. The number of benzene rings is 2. The summed E-state index contributed by atoms with van der Waals surface area (Å²) in [5.41, 5.74) is -0.938. The second-order valence-electron chi connectivity index (χ2n) is 5.31. The van der Waals surface area contributed by atoms with Gasteiger partial charge in [-0.15, -0.1) is 0 Å². The molecule has 1 atom stereocenters. The zero-order valence-electron chi connectivity index (χ0n) is 13.7. The van der Waals surface area contributed by atoms with Gasteiger partial charge in [0.1, 0.15) is 5.75 Å². The van der Waals surface area contributed by atoms with E-state index in [1.807, 2.05) is 0 Å². The number of anilines is 1. The normalized spacial score (nSPS) is 12.2. The number of carbonyl (C=O) groups is 2. The number of esters is 1. The van der Waals surface area contributed by atoms with Gasteiger partial charge in [-0.3, -0.25) is 4.79 Å². The number of carbonyl (C=O) groups excluding carboxylic acids is 2. The molecule has 0 aliphatic heterocycles. The van der Waals surface area contributed by atoms with Crippen LogP contribution in [0.2, 0.25) is 0 Å². The summed E-state index contributed by atoms with van der Waals surface area (Å²) in [6, 6.07) is 12.7. The Balaban J connectivity index is 1.84. The zero-order valence-corrected chi connectivity index (χ0v) is 13.7. The summed E-state index contributed by atoms with van der Waals surface area (Å²) in [6.45, 7) is 0.817. The minimum absolute atomic E-state index is 0.0468. The summed E-state index contributed by atoms with van der Waals surface area (Å²) < 4.78 is 48.1. The van der Waals surface area contributed by atoms with Gasteiger partial charge in [0, 0.05) is 5.69 Å². The Morgan fingerprint density at radius 3 is 2.42 bits per heavy atom. The average molecular weight is 367 g/mol. The molecule has 1 N–H and O–H groups in total. The number of amides is 1. The summed E-state index contributed by atoms with van der Waals surface area (Å²) in [5, 5.41) is 2.24. The standard InChI is InChI=1S/C18H16F3NO4/c1-12(26-15-8-3-2-4-9-15)17(24)25-11-16(23)22-14-7-5-6-13(10-14)18(19,20)21/h2-10,12H,11H2,1H3,(H,22,23)/t12-/m1/s1. The zero-order chi connectivity index (χ0) is 19.2. The molecule has 0 spiro atoms. The fourth-order valence-corrected chi connectivity index (χ4v) is 1.98. The van der Waals surface area contributed by atoms with Gasteiger partial charge in [-0.25, -0.2) is 4.79 Å². The number of para-hydroxylation sites is 1. The van der Waals surface area contributed by atoms with Crippen LogP contribution in [-0.2, 0) is 20.5 Å². The summed E-state index contributed by atoms with van der Waals surface area (Å²) in [6.07, 6.45) is -5.46. The van der Waals surface area contributed by atoms with E-state index in [2.05, 4.69) is 5.32 Å². The van der Waals surface area contributed by atoms with Gasteiger partial charge in [-0.1, -0.05) is 24.3 Å². The Labute approximate surface area is 147 Å². The average Bonchev–Trinajstić information content (AvgIpc) is 2.60. The van der Waals surface area contributed by atoms with E-state index in [1.54, 1.807) is 30.3 Å². The van der Waals surface area contributed by atoms with E-state index < -0.39 is 36.3 Å². The Kier molecular flexibility index (Phi) is 6.21. The molecular formula is C18H16F3NO4. The van der Waals surface area contributed by atoms with Gasteiger partial charge in [0.05, 0.1) is 5.56 Å². The molecule has 0 heterocycles. The van der Waals surface area contributed by atoms with Crippen LogP contribution < -0.4 is 10.1 Å². The van der Waals surface area contributed by atoms with E-state index in [9.17, 15) is 22.8 Å². The lowest BCUT2D eigenvalue weighted by Gasteiger charge is -2.14. The molecule has 138 valence electrons. The molecule has 0 aliphatic rings. The van der Waals surface area contributed by atoms with Crippen LogP contribution in [0.1, 0.15) is 12.5 Å². The lowest BCUT2D eigenvalue weighted by molar-refractivity contribution is -0.153. The number of rotatable bonds is 6. The Morgan fingerprint density at radius 2 is 1.77 bits per heavy atom. The van der Waals surface area contributed by atoms with Crippen molar-refractivity contribution in [2.24, 2.45) is 0 Å². The van der Waals surface area contributed by atoms with Gasteiger partial charge in [0.2, 0.25) is 0 Å². The maximum atomic E-state index is 12.6. The quantitative estimate of drug-likeness (QED) is 0.792. The predicted octanol–water partition coefficient (Wildman–Crippen LogP) is 3.65. The van der Waals surface area contributed by atoms with Crippen LogP contribution in [0.15, 0.2) is 54.6 Å². The number of hydrogen-bond acceptors (Lipinski definition) is 4. The van der Waals surface area contributed by atoms with E-state index in [-0.39, 0.29) is 5.69 Å². The maximum Gasteiger partial charge on any atom is 0.416 e. The molecule has 0 radical (unpaired) electrons. The second kappa shape index (κ2) is 8.37. The van der Waals surface area contributed by atoms with Crippen molar-refractivity contribution in [2.75, 3.05) is 11.9 Å². The molecule has 2 aromatic rings. The van der Waals surface area contributed by atoms with Crippen molar-refractivity contribution in [1.29, 1.82) is 0 Å². The summed E-state index contributed by atoms with van der Waals surface area (Å²) >= 11 is 0. The largest absolute Gasteiger partial charge is 0.479 e. The molecule has 26 heavy (non-hydrogen) atoms. The molecule has 2 rings (SSSR count). The molecule has 0 bridgehead atoms. The van der Waals surface area contributed by atoms with Crippen LogP contribution in [0.25, 0.3) is 0 Å². The molecule has 0 fully saturated rings. The van der Waals surface area contributed by atoms with E-state index in [0.717, 1.165) is 12.1 Å². The topological polar surface area (TPSA) is 64.6 Å². The Morgan fingerprint density at radius 1 is 1.08 bits per heavy atom. The first kappa shape index (κ1) is 19.3. The Hall–Kier alpha value is -3.03. The van der Waals surface area contributed by atoms with Gasteiger partial charge >= 0.3 is 12.1 Å². The number of hydrogen-bond donors (Lipinski definition) is 1. The first-order valence-electron chi connectivity index (χ1n) is 7.61. The van der Waals surface area contributed by atoms with Crippen molar-refractivity contribution in [3.8, 4) is 5.75 Å². The van der Waals surface area contributed by atoms with Crippen molar-refractivity contribution < 1.29 is 32.2 Å². The monoisotopic (exact) mass is 367 g/mol. The van der Waals surface area contributed by atoms with Crippen LogP contribution in [-0.4, -0.2) is 24.6 Å². The molecule has 0 aromatic heterocycles. The molecule has 1 amide bonds. The minimum atomic E-state index is -4.52. The van der Waals surface area contributed by atoms with Gasteiger partial charge in [-0.05, 0) is 37.3 Å². The van der Waals surface area contributed by atoms with Crippen LogP contribution >= 0.6 is 0 Å². The van der Waals surface area contributed by atoms with Gasteiger partial charge in [0.15, 0.2) is 12.7 Å². The van der Waals surface area contributed by atoms with Crippen molar-refractivity contribution in [2.45, 2.75) is 19.2 Å². The third-order valence-electron chi connectivity index (χ3n) is 3.21. The molecular weight excluding hydrogens is 351 g/mol. The van der Waals surface area contributed by atoms with Crippen LogP contribution in [0.4, 0.5) is 18.9 Å². The highest BCUT2D eigenvalue weighted by atomic mass is 19.4. The molecule has 0 saturated heterocycles. The highest BCUT2D eigenvalue weighted by Crippen LogP contribution is 2.30. The van der Waals surface area contributed by atoms with Crippen molar-refractivity contribution in [1.82, 2.24) is 0 Å². The van der Waals surface area contributed by atoms with E-state index in [4.69, 9.17) is 9.47 Å². The summed E-state index contributed by atoms with van der Waals surface area (Å²) in [4.78, 5) is 23.6. The number of ether oxygens (including phenoxy) is 2. The summed E-state index contributed by atoms with van der Waals surface area (Å²) in [7, 11) is 0. The maximum absolute atomic E-state index is 12.6. The minimum Gasteiger partial charge on any atom is -0.479 e. The lowest BCUT2D eigenvalue weighted by atomic mass is 10.2. The molecule has 0 aliphatic carbocycles. The van der Waals surface area contributed by atoms with Crippen molar-refractivity contribution in [3.05, 3.63) is 60.2 Å². The second-order valence-corrected chi connectivity index (χ2v) is 5.31. The lowest BCUT2D eigenvalue weighted by Crippen LogP contribution is -2.29. The van der Waals surface area contributed by atoms with Gasteiger partial charge in [-0.2, -0.15) is 13.2 Å². The molecule has 2 aromatic carbocycles. The number of halogens is 3. The number of nitrogens with one attached hydrogen (secondary N) is 1. The van der Waals surface area contributed by atoms with Gasteiger partial charge < -0.3 is 14.8 Å². The highest BCUT2D eigenvalue weighted by Gasteiger charge is 2.30. The first-order chi connectivity index (χ1) is 12.3. The fourth-order valence-electron chi connectivity index (χ4n) is 1.98. The predicted molar refractivity (Wildman–Crippen MR) is 87.6 cm³/mol. The molecule has 8 heteroatoms. The van der Waals surface area contributed by atoms with E-state index >= 15 is 0 Å². The van der Waals surface area contributed by atoms with Crippen molar-refractivity contribution in [3.63, 3.8) is 0 Å². The van der Waals surface area contributed by atoms with E-state index in [0.29, 0.717) is 5.75 Å². The van der Waals surface area contributed by atoms with Crippen LogP contribution in [0.5, 0.6) is 5.75 Å². The van der Waals surface area contributed by atoms with Gasteiger partial charge in [0.25, 0.3) is 5.91 Å². The molecule has 0 unspecified atom stereocenters. The van der Waals surface area contributed by atoms with Crippen LogP contribution in [0.3, 0.4) is 0 Å². The smallest absolute Gasteiger partial charge is 0.416 e. The fraction of sp³-hybridized carbons (Fsp3) is 0.222. The Bertz CT molecular complexity index is 763. The molecule has 0 saturated carbocycles. The third kappa shape index (κ3) is 5.80.